The van der Waals surface area contributed by atoms with E-state index < -0.39 is 6.36 Å². The Hall–Kier alpha value is -2.75. The van der Waals surface area contributed by atoms with Crippen molar-refractivity contribution in [3.8, 4) is 5.75 Å². The van der Waals surface area contributed by atoms with Gasteiger partial charge in [0.15, 0.2) is 0 Å². The molecule has 0 radical (unpaired) electrons. The van der Waals surface area contributed by atoms with Gasteiger partial charge in [0.25, 0.3) is 0 Å². The van der Waals surface area contributed by atoms with Crippen LogP contribution in [0.15, 0.2) is 77.4 Å². The van der Waals surface area contributed by atoms with E-state index in [2.05, 4.69) is 41.2 Å². The monoisotopic (exact) mass is 408 g/mol. The maximum atomic E-state index is 12.4. The van der Waals surface area contributed by atoms with Gasteiger partial charge < -0.3 is 4.74 Å². The van der Waals surface area contributed by atoms with Crippen LogP contribution in [0.2, 0.25) is 0 Å². The Labute approximate surface area is 174 Å². The molecule has 0 saturated carbocycles. The van der Waals surface area contributed by atoms with Gasteiger partial charge in [0.2, 0.25) is 0 Å². The second-order valence-corrected chi connectivity index (χ2v) is 8.25. The zero-order chi connectivity index (χ0) is 20.7. The zero-order valence-electron chi connectivity index (χ0n) is 16.6. The average molecular weight is 408 g/mol. The minimum Gasteiger partial charge on any atom is -0.406 e. The Balaban J connectivity index is 1.48. The summed E-state index contributed by atoms with van der Waals surface area (Å²) >= 11 is 0. The third-order valence-corrected chi connectivity index (χ3v) is 6.36. The van der Waals surface area contributed by atoms with Crippen LogP contribution in [-0.4, -0.2) is 6.36 Å². The molecule has 0 heterocycles. The molecule has 0 spiro atoms. The number of aryl methyl sites for hydroxylation is 1. The molecule has 0 saturated heterocycles. The molecule has 0 amide bonds. The van der Waals surface area contributed by atoms with Crippen LogP contribution in [-0.2, 0) is 12.8 Å². The lowest BCUT2D eigenvalue weighted by Gasteiger charge is -2.35. The summed E-state index contributed by atoms with van der Waals surface area (Å²) in [4.78, 5) is 0. The number of halogens is 3. The highest BCUT2D eigenvalue weighted by Crippen LogP contribution is 2.48. The fraction of sp³-hybridized carbons (Fsp3) is 0.308. The minimum absolute atomic E-state index is 0.172. The van der Waals surface area contributed by atoms with Crippen LogP contribution >= 0.6 is 0 Å². The van der Waals surface area contributed by atoms with E-state index in [4.69, 9.17) is 0 Å². The first-order valence-corrected chi connectivity index (χ1v) is 10.6. The highest BCUT2D eigenvalue weighted by Gasteiger charge is 2.32. The van der Waals surface area contributed by atoms with Crippen molar-refractivity contribution in [1.29, 1.82) is 0 Å². The average Bonchev–Trinajstić information content (AvgIpc) is 2.74. The molecule has 1 unspecified atom stereocenters. The molecule has 0 aromatic heterocycles. The van der Waals surface area contributed by atoms with Gasteiger partial charge in [-0.05, 0) is 89.6 Å². The molecule has 30 heavy (non-hydrogen) atoms. The fourth-order valence-electron chi connectivity index (χ4n) is 5.11. The van der Waals surface area contributed by atoms with Crippen molar-refractivity contribution in [2.75, 3.05) is 0 Å². The largest absolute Gasteiger partial charge is 0.573 e. The van der Waals surface area contributed by atoms with Crippen molar-refractivity contribution in [3.63, 3.8) is 0 Å². The summed E-state index contributed by atoms with van der Waals surface area (Å²) in [6.07, 6.45) is 6.48. The molecule has 4 heteroatoms. The predicted octanol–water partition coefficient (Wildman–Crippen LogP) is 7.19. The molecule has 2 aromatic rings. The number of hydrogen-bond acceptors (Lipinski definition) is 1. The topological polar surface area (TPSA) is 9.23 Å². The van der Waals surface area contributed by atoms with Gasteiger partial charge in [0, 0.05) is 5.92 Å². The number of rotatable bonds is 3. The van der Waals surface area contributed by atoms with Gasteiger partial charge in [-0.2, -0.15) is 0 Å². The summed E-state index contributed by atoms with van der Waals surface area (Å²) < 4.78 is 41.3. The molecular weight excluding hydrogens is 385 g/mol. The van der Waals surface area contributed by atoms with E-state index in [-0.39, 0.29) is 11.7 Å². The first kappa shape index (κ1) is 19.2. The molecule has 0 bridgehead atoms. The Morgan fingerprint density at radius 2 is 1.70 bits per heavy atom. The van der Waals surface area contributed by atoms with Crippen molar-refractivity contribution in [1.82, 2.24) is 0 Å². The Kier molecular flexibility index (Phi) is 4.80. The Morgan fingerprint density at radius 1 is 0.900 bits per heavy atom. The van der Waals surface area contributed by atoms with Crippen LogP contribution in [0.25, 0.3) is 5.57 Å². The lowest BCUT2D eigenvalue weighted by Crippen LogP contribution is -2.20. The number of allylic oxidation sites excluding steroid dienone is 6. The summed E-state index contributed by atoms with van der Waals surface area (Å²) in [6.45, 7) is 0. The number of benzene rings is 2. The summed E-state index contributed by atoms with van der Waals surface area (Å²) in [5, 5.41) is 0. The van der Waals surface area contributed by atoms with Gasteiger partial charge in [-0.25, -0.2) is 0 Å². The van der Waals surface area contributed by atoms with Crippen LogP contribution in [0.1, 0.15) is 42.4 Å². The molecular formula is C26H23F3O. The van der Waals surface area contributed by atoms with E-state index >= 15 is 0 Å². The maximum Gasteiger partial charge on any atom is 0.573 e. The molecule has 3 aliphatic carbocycles. The molecule has 2 aromatic carbocycles. The van der Waals surface area contributed by atoms with Crippen LogP contribution in [0, 0.1) is 5.92 Å². The highest BCUT2D eigenvalue weighted by atomic mass is 19.4. The van der Waals surface area contributed by atoms with E-state index in [9.17, 15) is 13.2 Å². The van der Waals surface area contributed by atoms with Crippen LogP contribution in [0.3, 0.4) is 0 Å². The van der Waals surface area contributed by atoms with Crippen LogP contribution in [0.4, 0.5) is 13.2 Å². The number of hydrogen-bond donors (Lipinski definition) is 0. The molecule has 0 aliphatic heterocycles. The minimum atomic E-state index is -4.66. The third-order valence-electron chi connectivity index (χ3n) is 6.36. The summed E-state index contributed by atoms with van der Waals surface area (Å²) in [5.41, 5.74) is 9.58. The van der Waals surface area contributed by atoms with Gasteiger partial charge >= 0.3 is 6.36 Å². The second kappa shape index (κ2) is 7.50. The number of alkyl halides is 3. The summed E-state index contributed by atoms with van der Waals surface area (Å²) in [7, 11) is 0. The van der Waals surface area contributed by atoms with Gasteiger partial charge in [0.1, 0.15) is 5.75 Å². The van der Waals surface area contributed by atoms with Crippen molar-refractivity contribution in [2.24, 2.45) is 5.92 Å². The van der Waals surface area contributed by atoms with E-state index in [1.807, 2.05) is 0 Å². The highest BCUT2D eigenvalue weighted by molar-refractivity contribution is 5.86. The van der Waals surface area contributed by atoms with Crippen molar-refractivity contribution in [2.45, 2.75) is 44.9 Å². The molecule has 0 N–H and O–H groups in total. The van der Waals surface area contributed by atoms with E-state index in [0.717, 1.165) is 37.7 Å². The maximum absolute atomic E-state index is 12.4. The van der Waals surface area contributed by atoms with Gasteiger partial charge in [-0.15, -0.1) is 13.2 Å². The van der Waals surface area contributed by atoms with E-state index in [1.165, 1.54) is 52.0 Å². The third kappa shape index (κ3) is 3.71. The van der Waals surface area contributed by atoms with Gasteiger partial charge in [-0.3, -0.25) is 0 Å². The van der Waals surface area contributed by atoms with Gasteiger partial charge in [0.05, 0.1) is 0 Å². The Bertz CT molecular complexity index is 1050. The first-order chi connectivity index (χ1) is 14.5. The SMILES string of the molecule is FC(F)(F)Oc1ccc(CC2C=C3C(=C4CCCC=C42)CCc2ccccc23)cc1. The molecule has 1 atom stereocenters. The molecule has 5 rings (SSSR count). The predicted molar refractivity (Wildman–Crippen MR) is 112 cm³/mol. The number of ether oxygens (including phenoxy) is 1. The van der Waals surface area contributed by atoms with Crippen molar-refractivity contribution in [3.05, 3.63) is 94.1 Å². The van der Waals surface area contributed by atoms with Gasteiger partial charge in [-0.1, -0.05) is 48.6 Å². The fourth-order valence-corrected chi connectivity index (χ4v) is 5.11. The van der Waals surface area contributed by atoms with Crippen molar-refractivity contribution >= 4 is 5.57 Å². The number of fused-ring (bicyclic) bond motifs is 4. The van der Waals surface area contributed by atoms with E-state index in [1.54, 1.807) is 12.1 Å². The standard InChI is InChI=1S/C26H23F3O/c27-26(28,29)30-20-12-9-17(10-13-20)15-19-16-25-21-6-2-1-5-18(21)11-14-24(25)23-8-4-3-7-22(19)23/h1-2,5-7,9-10,12-13,16,19H,3-4,8,11,14-15H2. The lowest BCUT2D eigenvalue weighted by molar-refractivity contribution is -0.274. The van der Waals surface area contributed by atoms with E-state index in [0.29, 0.717) is 0 Å². The normalized spacial score (nSPS) is 20.6. The van der Waals surface area contributed by atoms with Crippen molar-refractivity contribution < 1.29 is 17.9 Å². The smallest absolute Gasteiger partial charge is 0.406 e. The quantitative estimate of drug-likeness (QED) is 0.522. The molecule has 0 fully saturated rings. The molecule has 3 aliphatic rings. The second-order valence-electron chi connectivity index (χ2n) is 8.25. The van der Waals surface area contributed by atoms with Crippen LogP contribution < -0.4 is 4.74 Å². The molecule has 154 valence electrons. The molecule has 1 nitrogen and oxygen atoms in total. The zero-order valence-corrected chi connectivity index (χ0v) is 16.6. The Morgan fingerprint density at radius 3 is 2.50 bits per heavy atom. The van der Waals surface area contributed by atoms with Crippen LogP contribution in [0.5, 0.6) is 5.75 Å². The lowest BCUT2D eigenvalue weighted by atomic mass is 9.69. The summed E-state index contributed by atoms with van der Waals surface area (Å²) in [6, 6.07) is 15.0. The first-order valence-electron chi connectivity index (χ1n) is 10.6. The summed E-state index contributed by atoms with van der Waals surface area (Å²) in [5.74, 6) is 0.0776.